The highest BCUT2D eigenvalue weighted by Gasteiger charge is 2.23. The number of hydrogen-bond acceptors (Lipinski definition) is 3. The summed E-state index contributed by atoms with van der Waals surface area (Å²) in [4.78, 5) is 11.3. The van der Waals surface area contributed by atoms with Gasteiger partial charge in [-0.25, -0.2) is 0 Å². The highest BCUT2D eigenvalue weighted by molar-refractivity contribution is 6.30. The van der Waals surface area contributed by atoms with Crippen LogP contribution in [-0.2, 0) is 4.79 Å². The number of ether oxygens (including phenoxy) is 1. The van der Waals surface area contributed by atoms with Crippen molar-refractivity contribution in [2.24, 2.45) is 0 Å². The molecule has 0 bridgehead atoms. The molecular weight excluding hydrogens is 228 g/mol. The third-order valence-electron chi connectivity index (χ3n) is 2.27. The van der Waals surface area contributed by atoms with Crippen LogP contribution >= 0.6 is 11.6 Å². The van der Waals surface area contributed by atoms with Gasteiger partial charge in [-0.1, -0.05) is 11.6 Å². The van der Waals surface area contributed by atoms with E-state index in [9.17, 15) is 4.79 Å². The minimum atomic E-state index is -0.114. The van der Waals surface area contributed by atoms with Gasteiger partial charge < -0.3 is 15.8 Å². The number of anilines is 1. The Kier molecular flexibility index (Phi) is 3.19. The third kappa shape index (κ3) is 3.03. The fourth-order valence-corrected chi connectivity index (χ4v) is 1.47. The summed E-state index contributed by atoms with van der Waals surface area (Å²) in [5.74, 6) is 0.368. The van der Waals surface area contributed by atoms with Gasteiger partial charge in [-0.3, -0.25) is 4.79 Å². The fourth-order valence-electron chi connectivity index (χ4n) is 1.29. The lowest BCUT2D eigenvalue weighted by atomic mass is 10.3. The Morgan fingerprint density at radius 3 is 2.94 bits per heavy atom. The highest BCUT2D eigenvalue weighted by Crippen LogP contribution is 2.25. The second-order valence-corrected chi connectivity index (χ2v) is 4.25. The number of carbonyl (C=O) groups is 1. The first-order valence-electron chi connectivity index (χ1n) is 5.12. The molecule has 0 heterocycles. The molecule has 0 aromatic heterocycles. The highest BCUT2D eigenvalue weighted by atomic mass is 35.5. The van der Waals surface area contributed by atoms with E-state index in [0.29, 0.717) is 22.5 Å². The molecule has 0 saturated heterocycles. The maximum Gasteiger partial charge on any atom is 0.258 e. The number of nitrogen functional groups attached to an aromatic ring is 1. The van der Waals surface area contributed by atoms with Gasteiger partial charge in [0, 0.05) is 11.1 Å². The van der Waals surface area contributed by atoms with Crippen LogP contribution in [0.4, 0.5) is 5.69 Å². The van der Waals surface area contributed by atoms with E-state index in [1.54, 1.807) is 18.2 Å². The number of nitrogens with two attached hydrogens (primary N) is 1. The van der Waals surface area contributed by atoms with Crippen LogP contribution < -0.4 is 15.8 Å². The molecule has 1 aromatic carbocycles. The fraction of sp³-hybridized carbons (Fsp3) is 0.364. The van der Waals surface area contributed by atoms with Crippen molar-refractivity contribution in [3.8, 4) is 5.75 Å². The molecular formula is C11H13ClN2O2. The predicted octanol–water partition coefficient (Wildman–Crippen LogP) is 1.58. The van der Waals surface area contributed by atoms with Crippen LogP contribution in [-0.4, -0.2) is 18.6 Å². The van der Waals surface area contributed by atoms with Crippen molar-refractivity contribution in [1.82, 2.24) is 5.32 Å². The molecule has 1 aromatic rings. The molecule has 2 rings (SSSR count). The number of amides is 1. The van der Waals surface area contributed by atoms with Gasteiger partial charge in [-0.2, -0.15) is 0 Å². The molecule has 1 fully saturated rings. The average molecular weight is 241 g/mol. The molecule has 1 aliphatic rings. The normalized spacial score (nSPS) is 14.6. The summed E-state index contributed by atoms with van der Waals surface area (Å²) in [7, 11) is 0. The number of benzene rings is 1. The minimum Gasteiger partial charge on any atom is -0.482 e. The summed E-state index contributed by atoms with van der Waals surface area (Å²) >= 11 is 5.74. The average Bonchev–Trinajstić information content (AvgIpc) is 3.00. The van der Waals surface area contributed by atoms with Gasteiger partial charge in [0.25, 0.3) is 5.91 Å². The van der Waals surface area contributed by atoms with E-state index in [1.807, 2.05) is 0 Å². The van der Waals surface area contributed by atoms with Gasteiger partial charge in [-0.15, -0.1) is 0 Å². The maximum atomic E-state index is 11.3. The van der Waals surface area contributed by atoms with E-state index in [-0.39, 0.29) is 12.5 Å². The number of carbonyl (C=O) groups excluding carboxylic acids is 1. The molecule has 4 nitrogen and oxygen atoms in total. The molecule has 1 aliphatic carbocycles. The Morgan fingerprint density at radius 1 is 1.56 bits per heavy atom. The van der Waals surface area contributed by atoms with Crippen molar-refractivity contribution in [2.75, 3.05) is 12.3 Å². The Bertz CT molecular complexity index is 405. The third-order valence-corrected chi connectivity index (χ3v) is 2.51. The second kappa shape index (κ2) is 4.61. The molecule has 0 spiro atoms. The zero-order valence-corrected chi connectivity index (χ0v) is 9.46. The van der Waals surface area contributed by atoms with E-state index in [1.165, 1.54) is 0 Å². The van der Waals surface area contributed by atoms with Crippen molar-refractivity contribution in [2.45, 2.75) is 18.9 Å². The largest absolute Gasteiger partial charge is 0.482 e. The Morgan fingerprint density at radius 2 is 2.31 bits per heavy atom. The first-order chi connectivity index (χ1) is 7.65. The summed E-state index contributed by atoms with van der Waals surface area (Å²) < 4.78 is 5.29. The molecule has 0 unspecified atom stereocenters. The van der Waals surface area contributed by atoms with Crippen LogP contribution in [0.5, 0.6) is 5.75 Å². The zero-order chi connectivity index (χ0) is 11.5. The van der Waals surface area contributed by atoms with Gasteiger partial charge in [-0.05, 0) is 31.0 Å². The smallest absolute Gasteiger partial charge is 0.258 e. The van der Waals surface area contributed by atoms with E-state index in [0.717, 1.165) is 12.8 Å². The summed E-state index contributed by atoms with van der Waals surface area (Å²) in [5, 5.41) is 3.37. The summed E-state index contributed by atoms with van der Waals surface area (Å²) in [5.41, 5.74) is 6.12. The summed E-state index contributed by atoms with van der Waals surface area (Å²) in [6.45, 7) is -0.0116. The molecule has 0 radical (unpaired) electrons. The Balaban J connectivity index is 1.85. The van der Waals surface area contributed by atoms with E-state index in [2.05, 4.69) is 5.32 Å². The van der Waals surface area contributed by atoms with Crippen LogP contribution in [0.3, 0.4) is 0 Å². The van der Waals surface area contributed by atoms with Gasteiger partial charge in [0.1, 0.15) is 5.75 Å². The first kappa shape index (κ1) is 11.1. The topological polar surface area (TPSA) is 64.3 Å². The van der Waals surface area contributed by atoms with Crippen LogP contribution in [0, 0.1) is 0 Å². The van der Waals surface area contributed by atoms with E-state index < -0.39 is 0 Å². The van der Waals surface area contributed by atoms with Gasteiger partial charge >= 0.3 is 0 Å². The Hall–Kier alpha value is -1.42. The standard InChI is InChI=1S/C11H13ClN2O2/c12-7-1-4-10(9(13)5-7)16-6-11(15)14-8-2-3-8/h1,4-5,8H,2-3,6,13H2,(H,14,15). The molecule has 3 N–H and O–H groups in total. The zero-order valence-electron chi connectivity index (χ0n) is 8.70. The van der Waals surface area contributed by atoms with Gasteiger partial charge in [0.2, 0.25) is 0 Å². The van der Waals surface area contributed by atoms with Gasteiger partial charge in [0.05, 0.1) is 5.69 Å². The lowest BCUT2D eigenvalue weighted by Gasteiger charge is -2.08. The number of halogens is 1. The summed E-state index contributed by atoms with van der Waals surface area (Å²) in [6, 6.07) is 5.27. The maximum absolute atomic E-state index is 11.3. The van der Waals surface area contributed by atoms with E-state index in [4.69, 9.17) is 22.1 Å². The molecule has 0 aliphatic heterocycles. The molecule has 16 heavy (non-hydrogen) atoms. The minimum absolute atomic E-state index is 0.0116. The van der Waals surface area contributed by atoms with Crippen molar-refractivity contribution in [1.29, 1.82) is 0 Å². The van der Waals surface area contributed by atoms with Crippen molar-refractivity contribution in [3.63, 3.8) is 0 Å². The molecule has 86 valence electrons. The molecule has 1 saturated carbocycles. The lowest BCUT2D eigenvalue weighted by Crippen LogP contribution is -2.30. The van der Waals surface area contributed by atoms with Crippen LogP contribution in [0.15, 0.2) is 18.2 Å². The molecule has 5 heteroatoms. The quantitative estimate of drug-likeness (QED) is 0.786. The first-order valence-corrected chi connectivity index (χ1v) is 5.50. The monoisotopic (exact) mass is 240 g/mol. The number of hydrogen-bond donors (Lipinski definition) is 2. The predicted molar refractivity (Wildman–Crippen MR) is 62.5 cm³/mol. The van der Waals surface area contributed by atoms with Crippen molar-refractivity contribution in [3.05, 3.63) is 23.2 Å². The SMILES string of the molecule is Nc1cc(Cl)ccc1OCC(=O)NC1CC1. The second-order valence-electron chi connectivity index (χ2n) is 3.81. The van der Waals surface area contributed by atoms with Crippen molar-refractivity contribution < 1.29 is 9.53 Å². The van der Waals surface area contributed by atoms with Crippen LogP contribution in [0.25, 0.3) is 0 Å². The van der Waals surface area contributed by atoms with Crippen molar-refractivity contribution >= 4 is 23.2 Å². The Labute approximate surface area is 98.7 Å². The van der Waals surface area contributed by atoms with E-state index >= 15 is 0 Å². The van der Waals surface area contributed by atoms with Crippen LogP contribution in [0.1, 0.15) is 12.8 Å². The molecule has 0 atom stereocenters. The van der Waals surface area contributed by atoms with Gasteiger partial charge in [0.15, 0.2) is 6.61 Å². The molecule has 1 amide bonds. The summed E-state index contributed by atoms with van der Waals surface area (Å²) in [6.07, 6.45) is 2.13. The number of nitrogens with one attached hydrogen (secondary N) is 1. The lowest BCUT2D eigenvalue weighted by molar-refractivity contribution is -0.123. The van der Waals surface area contributed by atoms with Crippen LogP contribution in [0.2, 0.25) is 5.02 Å². The number of rotatable bonds is 4.